The van der Waals surface area contributed by atoms with E-state index in [0.29, 0.717) is 35.6 Å². The minimum absolute atomic E-state index is 0.0197. The number of rotatable bonds is 4. The van der Waals surface area contributed by atoms with Crippen LogP contribution in [0.3, 0.4) is 0 Å². The number of hydrogen-bond acceptors (Lipinski definition) is 6. The van der Waals surface area contributed by atoms with Crippen LogP contribution in [0.1, 0.15) is 45.1 Å². The number of ether oxygens (including phenoxy) is 3. The van der Waals surface area contributed by atoms with Crippen LogP contribution in [0.25, 0.3) is 0 Å². The molecule has 0 saturated heterocycles. The third-order valence-electron chi connectivity index (χ3n) is 5.53. The topological polar surface area (TPSA) is 74.2 Å². The van der Waals surface area contributed by atoms with Gasteiger partial charge in [0.1, 0.15) is 5.92 Å². The number of nitrogens with zero attached hydrogens (tertiary/aromatic N) is 1. The lowest BCUT2D eigenvalue weighted by Gasteiger charge is -2.39. The second-order valence-corrected chi connectivity index (χ2v) is 8.12. The quantitative estimate of drug-likeness (QED) is 0.739. The predicted octanol–water partition coefficient (Wildman–Crippen LogP) is 3.69. The lowest BCUT2D eigenvalue weighted by atomic mass is 9.66. The van der Waals surface area contributed by atoms with E-state index in [9.17, 15) is 9.59 Å². The van der Waals surface area contributed by atoms with Gasteiger partial charge in [-0.3, -0.25) is 14.6 Å². The molecule has 0 N–H and O–H groups in total. The fraction of sp³-hybridized carbons (Fsp3) is 0.500. The molecule has 6 heteroatoms. The number of methoxy groups -OCH3 is 3. The van der Waals surface area contributed by atoms with E-state index >= 15 is 0 Å². The minimum Gasteiger partial charge on any atom is -0.493 e. The molecule has 6 nitrogen and oxygen atoms in total. The summed E-state index contributed by atoms with van der Waals surface area (Å²) in [7, 11) is 4.47. The Bertz CT molecular complexity index is 881. The average molecular weight is 385 g/mol. The summed E-state index contributed by atoms with van der Waals surface area (Å²) >= 11 is 0. The molecule has 2 unspecified atom stereocenters. The fourth-order valence-electron chi connectivity index (χ4n) is 4.37. The largest absolute Gasteiger partial charge is 0.493 e. The first kappa shape index (κ1) is 20.1. The number of allylic oxidation sites excluding steroid dienone is 2. The lowest BCUT2D eigenvalue weighted by molar-refractivity contribution is -0.143. The molecule has 1 aromatic carbocycles. The molecule has 0 spiro atoms. The van der Waals surface area contributed by atoms with Gasteiger partial charge in [0, 0.05) is 34.9 Å². The third-order valence-corrected chi connectivity index (χ3v) is 5.53. The van der Waals surface area contributed by atoms with Gasteiger partial charge < -0.3 is 14.2 Å². The highest BCUT2D eigenvalue weighted by Gasteiger charge is 2.47. The summed E-state index contributed by atoms with van der Waals surface area (Å²) in [5.74, 6) is -0.535. The lowest BCUT2D eigenvalue weighted by Crippen LogP contribution is -2.39. The third kappa shape index (κ3) is 3.32. The number of esters is 1. The van der Waals surface area contributed by atoms with Gasteiger partial charge in [0.15, 0.2) is 17.3 Å². The summed E-state index contributed by atoms with van der Waals surface area (Å²) < 4.78 is 16.1. The van der Waals surface area contributed by atoms with Crippen molar-refractivity contribution in [1.82, 2.24) is 0 Å². The van der Waals surface area contributed by atoms with Crippen molar-refractivity contribution in [3.05, 3.63) is 35.0 Å². The Hall–Kier alpha value is -2.63. The van der Waals surface area contributed by atoms with E-state index in [1.165, 1.54) is 7.11 Å². The van der Waals surface area contributed by atoms with Crippen molar-refractivity contribution in [1.29, 1.82) is 0 Å². The number of carbonyl (C=O) groups excluding carboxylic acids is 2. The smallest absolute Gasteiger partial charge is 0.315 e. The van der Waals surface area contributed by atoms with Crippen molar-refractivity contribution in [2.45, 2.75) is 39.5 Å². The molecule has 0 radical (unpaired) electrons. The number of benzene rings is 1. The van der Waals surface area contributed by atoms with E-state index in [1.54, 1.807) is 20.3 Å². The van der Waals surface area contributed by atoms with Gasteiger partial charge in [-0.1, -0.05) is 26.0 Å². The van der Waals surface area contributed by atoms with Crippen molar-refractivity contribution >= 4 is 17.5 Å². The summed E-state index contributed by atoms with van der Waals surface area (Å²) in [4.78, 5) is 30.6. The molecule has 0 bridgehead atoms. The van der Waals surface area contributed by atoms with Crippen LogP contribution in [-0.4, -0.2) is 38.8 Å². The zero-order valence-corrected chi connectivity index (χ0v) is 17.3. The second kappa shape index (κ2) is 7.41. The Morgan fingerprint density at radius 2 is 1.86 bits per heavy atom. The molecule has 0 aromatic heterocycles. The minimum atomic E-state index is -0.685. The Morgan fingerprint density at radius 3 is 2.46 bits per heavy atom. The van der Waals surface area contributed by atoms with Crippen LogP contribution in [0.5, 0.6) is 11.5 Å². The van der Waals surface area contributed by atoms with E-state index in [1.807, 2.05) is 19.1 Å². The average Bonchev–Trinajstić information content (AvgIpc) is 2.64. The number of ketones is 1. The number of carbonyl (C=O) groups is 2. The molecule has 1 aliphatic carbocycles. The van der Waals surface area contributed by atoms with E-state index in [4.69, 9.17) is 14.2 Å². The molecular weight excluding hydrogens is 358 g/mol. The van der Waals surface area contributed by atoms with Gasteiger partial charge in [-0.05, 0) is 24.8 Å². The molecule has 3 rings (SSSR count). The number of hydrogen-bond donors (Lipinski definition) is 0. The summed E-state index contributed by atoms with van der Waals surface area (Å²) in [6, 6.07) is 5.50. The monoisotopic (exact) mass is 385 g/mol. The van der Waals surface area contributed by atoms with Crippen molar-refractivity contribution in [2.24, 2.45) is 16.3 Å². The summed E-state index contributed by atoms with van der Waals surface area (Å²) in [6.07, 6.45) is 1.10. The SMILES string of the molecule is COC(=O)C1C(C)=NC2=C(C(=O)CC(C)(C)C2)C1c1cccc(OC)c1OC. The van der Waals surface area contributed by atoms with Crippen molar-refractivity contribution in [3.8, 4) is 11.5 Å². The second-order valence-electron chi connectivity index (χ2n) is 8.12. The highest BCUT2D eigenvalue weighted by Crippen LogP contribution is 2.50. The van der Waals surface area contributed by atoms with Gasteiger partial charge >= 0.3 is 5.97 Å². The normalized spacial score (nSPS) is 23.6. The maximum absolute atomic E-state index is 13.2. The molecule has 0 fully saturated rings. The van der Waals surface area contributed by atoms with Gasteiger partial charge in [-0.25, -0.2) is 0 Å². The molecular formula is C22H27NO5. The van der Waals surface area contributed by atoms with E-state index in [-0.39, 0.29) is 11.2 Å². The van der Waals surface area contributed by atoms with Crippen LogP contribution in [0.4, 0.5) is 0 Å². The number of para-hydroxylation sites is 1. The first-order chi connectivity index (χ1) is 13.2. The molecule has 28 heavy (non-hydrogen) atoms. The first-order valence-corrected chi connectivity index (χ1v) is 9.34. The number of Topliss-reactive ketones (excluding diaryl/α,β-unsaturated/α-hetero) is 1. The standard InChI is InChI=1S/C22H27NO5/c1-12-17(21(25)28-6)18(13-8-7-9-16(26-4)20(13)27-5)19-14(23-12)10-22(2,3)11-15(19)24/h7-9,17-18H,10-11H2,1-6H3. The highest BCUT2D eigenvalue weighted by atomic mass is 16.5. The van der Waals surface area contributed by atoms with Crippen LogP contribution in [0.2, 0.25) is 0 Å². The fourth-order valence-corrected chi connectivity index (χ4v) is 4.37. The van der Waals surface area contributed by atoms with Crippen LogP contribution in [-0.2, 0) is 14.3 Å². The predicted molar refractivity (Wildman–Crippen MR) is 106 cm³/mol. The highest BCUT2D eigenvalue weighted by molar-refractivity contribution is 6.09. The molecule has 0 saturated carbocycles. The summed E-state index contributed by atoms with van der Waals surface area (Å²) in [6.45, 7) is 5.94. The Morgan fingerprint density at radius 1 is 1.14 bits per heavy atom. The van der Waals surface area contributed by atoms with E-state index < -0.39 is 17.8 Å². The molecule has 150 valence electrons. The van der Waals surface area contributed by atoms with Crippen LogP contribution in [0.15, 0.2) is 34.5 Å². The molecule has 1 aromatic rings. The molecule has 2 atom stereocenters. The van der Waals surface area contributed by atoms with Crippen molar-refractivity contribution in [2.75, 3.05) is 21.3 Å². The molecule has 1 aliphatic heterocycles. The van der Waals surface area contributed by atoms with Gasteiger partial charge in [0.05, 0.1) is 21.3 Å². The van der Waals surface area contributed by atoms with Crippen molar-refractivity contribution in [3.63, 3.8) is 0 Å². The van der Waals surface area contributed by atoms with Crippen molar-refractivity contribution < 1.29 is 23.8 Å². The van der Waals surface area contributed by atoms with Gasteiger partial charge in [-0.15, -0.1) is 0 Å². The van der Waals surface area contributed by atoms with E-state index in [2.05, 4.69) is 18.8 Å². The van der Waals surface area contributed by atoms with E-state index in [0.717, 1.165) is 11.3 Å². The maximum Gasteiger partial charge on any atom is 0.315 e. The molecule has 0 amide bonds. The van der Waals surface area contributed by atoms with Gasteiger partial charge in [0.25, 0.3) is 0 Å². The Balaban J connectivity index is 2.28. The number of aliphatic imine (C=N–C) groups is 1. The first-order valence-electron chi connectivity index (χ1n) is 9.34. The molecule has 1 heterocycles. The zero-order chi connectivity index (χ0) is 20.6. The zero-order valence-electron chi connectivity index (χ0n) is 17.3. The van der Waals surface area contributed by atoms with Crippen LogP contribution < -0.4 is 9.47 Å². The Kier molecular flexibility index (Phi) is 5.33. The Labute approximate surface area is 165 Å². The maximum atomic E-state index is 13.2. The van der Waals surface area contributed by atoms with Gasteiger partial charge in [0.2, 0.25) is 0 Å². The van der Waals surface area contributed by atoms with Gasteiger partial charge in [-0.2, -0.15) is 0 Å². The summed E-state index contributed by atoms with van der Waals surface area (Å²) in [5, 5.41) is 0. The molecule has 2 aliphatic rings. The van der Waals surface area contributed by atoms with Crippen LogP contribution >= 0.6 is 0 Å². The summed E-state index contributed by atoms with van der Waals surface area (Å²) in [5.41, 5.74) is 2.56. The van der Waals surface area contributed by atoms with Crippen LogP contribution in [0, 0.1) is 11.3 Å².